The van der Waals surface area contributed by atoms with E-state index in [1.807, 2.05) is 0 Å². The number of carbonyl (C=O) groups is 6. The van der Waals surface area contributed by atoms with Crippen molar-refractivity contribution in [3.05, 3.63) is 52.1 Å². The van der Waals surface area contributed by atoms with Crippen LogP contribution in [0.4, 0.5) is 11.6 Å². The lowest BCUT2D eigenvalue weighted by atomic mass is 10.1. The summed E-state index contributed by atoms with van der Waals surface area (Å²) in [5.74, 6) is -4.51. The summed E-state index contributed by atoms with van der Waals surface area (Å²) >= 11 is 0. The van der Waals surface area contributed by atoms with Crippen molar-refractivity contribution in [3.63, 3.8) is 0 Å². The van der Waals surface area contributed by atoms with Crippen LogP contribution in [0.25, 0.3) is 11.2 Å². The zero-order valence-electron chi connectivity index (χ0n) is 52.8. The molecule has 1 unspecified atom stereocenters. The number of aromatic nitrogens is 4. The highest BCUT2D eigenvalue weighted by atomic mass is 16.5. The molecular weight excluding hydrogens is 1130 g/mol. The van der Waals surface area contributed by atoms with Crippen molar-refractivity contribution in [1.29, 1.82) is 0 Å². The van der Waals surface area contributed by atoms with Crippen LogP contribution in [-0.4, -0.2) is 156 Å². The van der Waals surface area contributed by atoms with Gasteiger partial charge in [0.1, 0.15) is 12.1 Å². The fourth-order valence-corrected chi connectivity index (χ4v) is 9.55. The van der Waals surface area contributed by atoms with E-state index in [0.717, 1.165) is 25.7 Å². The molecule has 2 aromatic heterocycles. The third-order valence-corrected chi connectivity index (χ3v) is 14.8. The number of aliphatic carboxylic acids is 2. The summed E-state index contributed by atoms with van der Waals surface area (Å²) in [5, 5.41) is 33.1. The van der Waals surface area contributed by atoms with Crippen LogP contribution in [0.15, 0.2) is 35.3 Å². The number of benzene rings is 1. The minimum Gasteiger partial charge on any atom is -0.480 e. The summed E-state index contributed by atoms with van der Waals surface area (Å²) in [6.07, 6.45) is 30.8. The normalized spacial score (nSPS) is 12.3. The smallest absolute Gasteiger partial charge is 0.326 e. The second-order valence-corrected chi connectivity index (χ2v) is 22.4. The molecule has 0 radical (unpaired) electrons. The Kier molecular flexibility index (Phi) is 42.7. The van der Waals surface area contributed by atoms with E-state index in [9.17, 15) is 43.8 Å². The van der Waals surface area contributed by atoms with Gasteiger partial charge >= 0.3 is 11.9 Å². The van der Waals surface area contributed by atoms with Gasteiger partial charge < -0.3 is 66.2 Å². The molecule has 2 heterocycles. The number of nitrogens with zero attached hydrogens (tertiary/aromatic N) is 3. The zero-order valence-corrected chi connectivity index (χ0v) is 52.8. The van der Waals surface area contributed by atoms with Crippen molar-refractivity contribution < 1.29 is 62.7 Å². The van der Waals surface area contributed by atoms with E-state index in [4.69, 9.17) is 29.4 Å². The number of hydrogen-bond acceptors (Lipinski definition) is 17. The highest BCUT2D eigenvalue weighted by Gasteiger charge is 2.23. The van der Waals surface area contributed by atoms with Gasteiger partial charge in [-0.1, -0.05) is 155 Å². The number of carbonyl (C=O) groups excluding carboxylic acids is 4. The van der Waals surface area contributed by atoms with E-state index in [1.165, 1.54) is 147 Å². The molecular formula is C64H106N10O14. The van der Waals surface area contributed by atoms with Gasteiger partial charge in [-0.25, -0.2) is 19.6 Å². The number of aromatic amines is 1. The number of nitrogens with two attached hydrogens (primary N) is 1. The Morgan fingerprint density at radius 2 is 1.06 bits per heavy atom. The number of carboxylic acids is 2. The van der Waals surface area contributed by atoms with Crippen molar-refractivity contribution in [2.24, 2.45) is 0 Å². The second-order valence-electron chi connectivity index (χ2n) is 22.4. The summed E-state index contributed by atoms with van der Waals surface area (Å²) in [6.45, 7) is 7.70. The third kappa shape index (κ3) is 37.5. The van der Waals surface area contributed by atoms with E-state index in [-0.39, 0.29) is 126 Å². The molecule has 496 valence electrons. The highest BCUT2D eigenvalue weighted by molar-refractivity contribution is 5.97. The molecule has 24 nitrogen and oxygen atoms in total. The van der Waals surface area contributed by atoms with Gasteiger partial charge in [-0.05, 0) is 49.9 Å². The van der Waals surface area contributed by atoms with Crippen molar-refractivity contribution in [2.75, 3.05) is 83.6 Å². The minimum atomic E-state index is -1.32. The van der Waals surface area contributed by atoms with Gasteiger partial charge in [0.25, 0.3) is 11.5 Å². The first-order valence-electron chi connectivity index (χ1n) is 32.7. The fourth-order valence-electron chi connectivity index (χ4n) is 9.55. The highest BCUT2D eigenvalue weighted by Crippen LogP contribution is 2.16. The van der Waals surface area contributed by atoms with E-state index in [0.29, 0.717) is 31.2 Å². The molecule has 0 bridgehead atoms. The molecule has 4 amide bonds. The lowest BCUT2D eigenvalue weighted by Gasteiger charge is -2.19. The summed E-state index contributed by atoms with van der Waals surface area (Å²) in [7, 11) is 0. The predicted octanol–water partition coefficient (Wildman–Crippen LogP) is 8.70. The standard InChI is InChI=1S/C64H106N10O14/c1-3-5-7-9-11-13-15-17-19-21-23-25-37-87-48-52(88-38-26-24-22-20-18-16-14-12-10-8-6-4-2)47-68-56(76)34-31-53(62(80)81)71-57(77)35-39-84-41-43-86-44-42-85-40-36-66-55(75)33-32-54(63(82)83)72-60(78)49-27-29-50(30-28-49)67-45-51-46-69-59-58(70-51)61(79)74-64(65)73-59/h27-30,46,52-54,67H,3-26,31-45,47-48H2,1-2H3,(H,66,75)(H,68,76)(H,71,77)(H,72,78)(H,80,81)(H,82,83)(H3,65,69,73,74,79)/t52?,53-,54-/m0/s1. The summed E-state index contributed by atoms with van der Waals surface area (Å²) in [5.41, 5.74) is 6.46. The number of carboxylic acid groups (broad SMARTS) is 2. The molecule has 3 atom stereocenters. The monoisotopic (exact) mass is 1240 g/mol. The molecule has 0 fully saturated rings. The van der Waals surface area contributed by atoms with Gasteiger partial charge in [-0.3, -0.25) is 29.0 Å². The van der Waals surface area contributed by atoms with Crippen LogP contribution in [0, 0.1) is 0 Å². The summed E-state index contributed by atoms with van der Waals surface area (Å²) in [4.78, 5) is 102. The van der Waals surface area contributed by atoms with Crippen molar-refractivity contribution in [1.82, 2.24) is 41.2 Å². The van der Waals surface area contributed by atoms with Crippen LogP contribution in [0.2, 0.25) is 0 Å². The first-order chi connectivity index (χ1) is 42.8. The molecule has 1 aromatic carbocycles. The van der Waals surface area contributed by atoms with Gasteiger partial charge in [0.15, 0.2) is 11.2 Å². The molecule has 0 saturated carbocycles. The minimum absolute atomic E-state index is 0.0276. The summed E-state index contributed by atoms with van der Waals surface area (Å²) < 4.78 is 28.7. The molecule has 0 aliphatic heterocycles. The van der Waals surface area contributed by atoms with Gasteiger partial charge in [0.05, 0.1) is 70.8 Å². The Hall–Kier alpha value is -6.34. The molecule has 0 aliphatic rings. The Labute approximate surface area is 520 Å². The van der Waals surface area contributed by atoms with Crippen molar-refractivity contribution in [2.45, 2.75) is 225 Å². The maximum absolute atomic E-state index is 12.9. The van der Waals surface area contributed by atoms with E-state index >= 15 is 0 Å². The van der Waals surface area contributed by atoms with Gasteiger partial charge in [-0.2, -0.15) is 4.98 Å². The zero-order chi connectivity index (χ0) is 63.7. The first kappa shape index (κ1) is 75.9. The van der Waals surface area contributed by atoms with Gasteiger partial charge in [0.2, 0.25) is 23.7 Å². The second kappa shape index (κ2) is 49.5. The molecule has 88 heavy (non-hydrogen) atoms. The van der Waals surface area contributed by atoms with Crippen LogP contribution in [0.1, 0.15) is 216 Å². The number of fused-ring (bicyclic) bond motifs is 1. The maximum Gasteiger partial charge on any atom is 0.326 e. The van der Waals surface area contributed by atoms with E-state index in [2.05, 4.69) is 60.4 Å². The summed E-state index contributed by atoms with van der Waals surface area (Å²) in [6, 6.07) is 3.68. The lowest BCUT2D eigenvalue weighted by molar-refractivity contribution is -0.142. The average Bonchev–Trinajstić information content (AvgIpc) is 3.13. The maximum atomic E-state index is 12.9. The third-order valence-electron chi connectivity index (χ3n) is 14.8. The number of ether oxygens (including phenoxy) is 5. The molecule has 0 aliphatic carbocycles. The topological polar surface area (TPSA) is 347 Å². The SMILES string of the molecule is CCCCCCCCCCCCCCOCC(CNC(=O)CC[C@H](NC(=O)CCOCCOCCOCCNC(=O)CC[C@H](NC(=O)c1ccc(NCc2cnc3nc(N)[nH]c(=O)c3n2)cc1)C(=O)O)C(=O)O)OCCCCCCCCCCCCCC. The Bertz CT molecular complexity index is 2450. The van der Waals surface area contributed by atoms with Crippen LogP contribution < -0.4 is 37.9 Å². The molecule has 0 saturated heterocycles. The number of unbranched alkanes of at least 4 members (excludes halogenated alkanes) is 22. The van der Waals surface area contributed by atoms with E-state index < -0.39 is 47.3 Å². The quantitative estimate of drug-likeness (QED) is 0.0238. The number of hydrogen-bond donors (Lipinski definition) is 9. The first-order valence-corrected chi connectivity index (χ1v) is 32.7. The molecule has 0 spiro atoms. The van der Waals surface area contributed by atoms with Gasteiger partial charge in [0, 0.05) is 56.8 Å². The fraction of sp³-hybridized carbons (Fsp3) is 0.719. The predicted molar refractivity (Wildman–Crippen MR) is 339 cm³/mol. The number of anilines is 2. The average molecular weight is 1240 g/mol. The van der Waals surface area contributed by atoms with Crippen molar-refractivity contribution in [3.8, 4) is 0 Å². The molecule has 3 rings (SSSR count). The van der Waals surface area contributed by atoms with E-state index in [1.54, 1.807) is 12.1 Å². The molecule has 3 aromatic rings. The van der Waals surface area contributed by atoms with Crippen LogP contribution >= 0.6 is 0 Å². The largest absolute Gasteiger partial charge is 0.480 e. The van der Waals surface area contributed by atoms with Crippen LogP contribution in [0.3, 0.4) is 0 Å². The number of rotatable bonds is 57. The Morgan fingerprint density at radius 1 is 0.557 bits per heavy atom. The Balaban J connectivity index is 1.21. The van der Waals surface area contributed by atoms with Crippen molar-refractivity contribution >= 4 is 58.4 Å². The lowest BCUT2D eigenvalue weighted by Crippen LogP contribution is -2.42. The number of nitrogens with one attached hydrogen (secondary N) is 6. The molecule has 24 heteroatoms. The number of amides is 4. The molecule has 10 N–H and O–H groups in total. The Morgan fingerprint density at radius 3 is 1.61 bits per heavy atom. The number of nitrogen functional groups attached to an aromatic ring is 1. The number of H-pyrrole nitrogens is 1. The van der Waals surface area contributed by atoms with Crippen LogP contribution in [0.5, 0.6) is 0 Å². The van der Waals surface area contributed by atoms with Crippen LogP contribution in [-0.2, 0) is 54.2 Å². The van der Waals surface area contributed by atoms with Gasteiger partial charge in [-0.15, -0.1) is 0 Å².